The van der Waals surface area contributed by atoms with E-state index in [1.165, 1.54) is 0 Å². The summed E-state index contributed by atoms with van der Waals surface area (Å²) in [6.45, 7) is 5.40. The molecule has 1 saturated heterocycles. The molecule has 5 heteroatoms. The van der Waals surface area contributed by atoms with Gasteiger partial charge < -0.3 is 15.2 Å². The van der Waals surface area contributed by atoms with Gasteiger partial charge in [0.25, 0.3) is 0 Å². The number of hydrogen-bond acceptors (Lipinski definition) is 5. The number of nitrogens with zero attached hydrogens (tertiary/aromatic N) is 2. The van der Waals surface area contributed by atoms with Gasteiger partial charge in [-0.1, -0.05) is 11.8 Å². The topological polar surface area (TPSA) is 60.6 Å². The van der Waals surface area contributed by atoms with Gasteiger partial charge in [0.2, 0.25) is 5.88 Å². The molecule has 5 nitrogen and oxygen atoms in total. The van der Waals surface area contributed by atoms with Crippen LogP contribution in [0.15, 0.2) is 42.6 Å². The molecule has 3 rings (SSSR count). The summed E-state index contributed by atoms with van der Waals surface area (Å²) in [5, 5.41) is 0. The summed E-state index contributed by atoms with van der Waals surface area (Å²) in [6, 6.07) is 11.3. The fraction of sp³-hybridized carbons (Fsp3) is 0.350. The summed E-state index contributed by atoms with van der Waals surface area (Å²) in [5.41, 5.74) is 8.19. The molecule has 0 aliphatic carbocycles. The first-order chi connectivity index (χ1) is 12.3. The SMILES string of the molecule is Nc1ccc(C#Cc2ccc(OCCCN3CCOCC3)nc2)cc1. The zero-order valence-electron chi connectivity index (χ0n) is 14.3. The first-order valence-corrected chi connectivity index (χ1v) is 8.56. The van der Waals surface area contributed by atoms with Crippen LogP contribution in [-0.2, 0) is 4.74 Å². The largest absolute Gasteiger partial charge is 0.478 e. The quantitative estimate of drug-likeness (QED) is 0.515. The third-order valence-corrected chi connectivity index (χ3v) is 3.97. The molecule has 1 aliphatic rings. The van der Waals surface area contributed by atoms with Crippen molar-refractivity contribution in [3.05, 3.63) is 53.7 Å². The number of morpholine rings is 1. The van der Waals surface area contributed by atoms with E-state index >= 15 is 0 Å². The molecule has 0 bridgehead atoms. The Labute approximate surface area is 148 Å². The summed E-state index contributed by atoms with van der Waals surface area (Å²) >= 11 is 0. The third-order valence-electron chi connectivity index (χ3n) is 3.97. The monoisotopic (exact) mass is 337 g/mol. The van der Waals surface area contributed by atoms with Crippen molar-refractivity contribution in [2.24, 2.45) is 0 Å². The number of nitrogens with two attached hydrogens (primary N) is 1. The molecule has 0 radical (unpaired) electrons. The molecular formula is C20H23N3O2. The first-order valence-electron chi connectivity index (χ1n) is 8.56. The van der Waals surface area contributed by atoms with Gasteiger partial charge in [-0.2, -0.15) is 0 Å². The standard InChI is InChI=1S/C20H23N3O2/c21-19-7-4-17(5-8-19)2-3-18-6-9-20(22-16-18)25-13-1-10-23-11-14-24-15-12-23/h4-9,16H,1,10-15,21H2. The van der Waals surface area contributed by atoms with E-state index in [1.807, 2.05) is 36.4 Å². The van der Waals surface area contributed by atoms with Crippen LogP contribution in [-0.4, -0.2) is 49.3 Å². The van der Waals surface area contributed by atoms with E-state index in [4.69, 9.17) is 15.2 Å². The third kappa shape index (κ3) is 5.79. The van der Waals surface area contributed by atoms with E-state index in [-0.39, 0.29) is 0 Å². The van der Waals surface area contributed by atoms with Crippen LogP contribution in [0, 0.1) is 11.8 Å². The average Bonchev–Trinajstić information content (AvgIpc) is 2.67. The Bertz CT molecular complexity index is 711. The van der Waals surface area contributed by atoms with Crippen molar-refractivity contribution in [2.45, 2.75) is 6.42 Å². The Morgan fingerprint density at radius 2 is 1.76 bits per heavy atom. The minimum absolute atomic E-state index is 0.639. The second-order valence-electron chi connectivity index (χ2n) is 5.91. The van der Waals surface area contributed by atoms with Gasteiger partial charge in [0, 0.05) is 48.7 Å². The van der Waals surface area contributed by atoms with Crippen LogP contribution in [0.3, 0.4) is 0 Å². The molecule has 0 unspecified atom stereocenters. The number of anilines is 1. The summed E-state index contributed by atoms with van der Waals surface area (Å²) < 4.78 is 11.0. The predicted octanol–water partition coefficient (Wildman–Crippen LogP) is 2.16. The van der Waals surface area contributed by atoms with Crippen molar-refractivity contribution >= 4 is 5.69 Å². The highest BCUT2D eigenvalue weighted by molar-refractivity contribution is 5.47. The maximum atomic E-state index is 5.70. The lowest BCUT2D eigenvalue weighted by Crippen LogP contribution is -2.37. The Balaban J connectivity index is 1.43. The van der Waals surface area contributed by atoms with Crippen LogP contribution in [0.2, 0.25) is 0 Å². The van der Waals surface area contributed by atoms with Gasteiger partial charge >= 0.3 is 0 Å². The minimum Gasteiger partial charge on any atom is -0.478 e. The van der Waals surface area contributed by atoms with Crippen LogP contribution in [0.5, 0.6) is 5.88 Å². The average molecular weight is 337 g/mol. The molecule has 0 spiro atoms. The number of rotatable bonds is 5. The van der Waals surface area contributed by atoms with Gasteiger partial charge in [0.15, 0.2) is 0 Å². The molecule has 1 aliphatic heterocycles. The molecular weight excluding hydrogens is 314 g/mol. The van der Waals surface area contributed by atoms with E-state index in [9.17, 15) is 0 Å². The van der Waals surface area contributed by atoms with Gasteiger partial charge in [-0.05, 0) is 36.8 Å². The summed E-state index contributed by atoms with van der Waals surface area (Å²) in [6.07, 6.45) is 2.72. The molecule has 1 aromatic heterocycles. The van der Waals surface area contributed by atoms with Crippen molar-refractivity contribution in [1.82, 2.24) is 9.88 Å². The predicted molar refractivity (Wildman–Crippen MR) is 98.4 cm³/mol. The zero-order chi connectivity index (χ0) is 17.3. The van der Waals surface area contributed by atoms with Crippen molar-refractivity contribution in [1.29, 1.82) is 0 Å². The molecule has 25 heavy (non-hydrogen) atoms. The van der Waals surface area contributed by atoms with Crippen LogP contribution >= 0.6 is 0 Å². The van der Waals surface area contributed by atoms with Gasteiger partial charge in [-0.3, -0.25) is 4.90 Å². The van der Waals surface area contributed by atoms with E-state index in [0.717, 1.165) is 56.1 Å². The van der Waals surface area contributed by atoms with Gasteiger partial charge in [0.05, 0.1) is 19.8 Å². The lowest BCUT2D eigenvalue weighted by molar-refractivity contribution is 0.0357. The second kappa shape index (κ2) is 9.07. The molecule has 1 fully saturated rings. The van der Waals surface area contributed by atoms with E-state index < -0.39 is 0 Å². The van der Waals surface area contributed by atoms with Crippen molar-refractivity contribution in [3.63, 3.8) is 0 Å². The molecule has 2 heterocycles. The normalized spacial score (nSPS) is 14.6. The van der Waals surface area contributed by atoms with Crippen LogP contribution in [0.1, 0.15) is 17.5 Å². The van der Waals surface area contributed by atoms with Crippen molar-refractivity contribution in [2.75, 3.05) is 45.2 Å². The Kier molecular flexibility index (Phi) is 6.27. The van der Waals surface area contributed by atoms with Gasteiger partial charge in [-0.15, -0.1) is 0 Å². The lowest BCUT2D eigenvalue weighted by atomic mass is 10.2. The van der Waals surface area contributed by atoms with E-state index in [1.54, 1.807) is 6.20 Å². The number of aromatic nitrogens is 1. The number of ether oxygens (including phenoxy) is 2. The molecule has 130 valence electrons. The maximum absolute atomic E-state index is 5.70. The number of hydrogen-bond donors (Lipinski definition) is 1. The van der Waals surface area contributed by atoms with Crippen molar-refractivity contribution in [3.8, 4) is 17.7 Å². The fourth-order valence-corrected chi connectivity index (χ4v) is 2.54. The summed E-state index contributed by atoms with van der Waals surface area (Å²) in [7, 11) is 0. The number of benzene rings is 1. The van der Waals surface area contributed by atoms with E-state index in [0.29, 0.717) is 12.5 Å². The highest BCUT2D eigenvalue weighted by Crippen LogP contribution is 2.09. The Morgan fingerprint density at radius 1 is 1.04 bits per heavy atom. The highest BCUT2D eigenvalue weighted by Gasteiger charge is 2.09. The first kappa shape index (κ1) is 17.3. The molecule has 0 amide bonds. The van der Waals surface area contributed by atoms with Crippen LogP contribution < -0.4 is 10.5 Å². The Morgan fingerprint density at radius 3 is 2.48 bits per heavy atom. The van der Waals surface area contributed by atoms with Crippen molar-refractivity contribution < 1.29 is 9.47 Å². The fourth-order valence-electron chi connectivity index (χ4n) is 2.54. The van der Waals surface area contributed by atoms with E-state index in [2.05, 4.69) is 21.7 Å². The van der Waals surface area contributed by atoms with Gasteiger partial charge in [0.1, 0.15) is 0 Å². The molecule has 2 aromatic rings. The Hall–Kier alpha value is -2.55. The zero-order valence-corrected chi connectivity index (χ0v) is 14.3. The lowest BCUT2D eigenvalue weighted by Gasteiger charge is -2.26. The second-order valence-corrected chi connectivity index (χ2v) is 5.91. The highest BCUT2D eigenvalue weighted by atomic mass is 16.5. The summed E-state index contributed by atoms with van der Waals surface area (Å²) in [4.78, 5) is 6.71. The smallest absolute Gasteiger partial charge is 0.213 e. The number of pyridine rings is 1. The molecule has 2 N–H and O–H groups in total. The molecule has 0 atom stereocenters. The molecule has 0 saturated carbocycles. The summed E-state index contributed by atoms with van der Waals surface area (Å²) in [5.74, 6) is 6.82. The van der Waals surface area contributed by atoms with Crippen LogP contribution in [0.25, 0.3) is 0 Å². The maximum Gasteiger partial charge on any atom is 0.213 e. The molecule has 1 aromatic carbocycles. The van der Waals surface area contributed by atoms with Crippen LogP contribution in [0.4, 0.5) is 5.69 Å². The minimum atomic E-state index is 0.639. The van der Waals surface area contributed by atoms with Gasteiger partial charge in [-0.25, -0.2) is 4.98 Å². The number of nitrogen functional groups attached to an aromatic ring is 1.